The number of methoxy groups -OCH3 is 2. The molecule has 86 valence electrons. The third-order valence-electron chi connectivity index (χ3n) is 2.06. The second kappa shape index (κ2) is 7.25. The molecule has 1 heterocycles. The average Bonchev–Trinajstić information content (AvgIpc) is 2.69. The lowest BCUT2D eigenvalue weighted by atomic mass is 10.4. The molecule has 1 rings (SSSR count). The van der Waals surface area contributed by atoms with Gasteiger partial charge in [-0.15, -0.1) is 0 Å². The maximum Gasteiger partial charge on any atom is 0.202 e. The van der Waals surface area contributed by atoms with Crippen LogP contribution in [0.5, 0.6) is 0 Å². The van der Waals surface area contributed by atoms with Crippen LogP contribution in [0.4, 0.5) is 5.95 Å². The third kappa shape index (κ3) is 4.31. The quantitative estimate of drug-likeness (QED) is 0.654. The summed E-state index contributed by atoms with van der Waals surface area (Å²) in [4.78, 5) is 4.22. The Bertz CT molecular complexity index is 263. The van der Waals surface area contributed by atoms with E-state index in [4.69, 9.17) is 9.47 Å². The van der Waals surface area contributed by atoms with E-state index in [1.165, 1.54) is 0 Å². The van der Waals surface area contributed by atoms with Gasteiger partial charge in [-0.25, -0.2) is 4.98 Å². The van der Waals surface area contributed by atoms with Gasteiger partial charge in [0.15, 0.2) is 0 Å². The Morgan fingerprint density at radius 3 is 2.87 bits per heavy atom. The molecule has 0 aromatic carbocycles. The highest BCUT2D eigenvalue weighted by Crippen LogP contribution is 2.03. The van der Waals surface area contributed by atoms with Crippen molar-refractivity contribution in [1.29, 1.82) is 0 Å². The summed E-state index contributed by atoms with van der Waals surface area (Å²) in [5.74, 6) is 0.892. The van der Waals surface area contributed by atoms with Crippen molar-refractivity contribution in [2.75, 3.05) is 39.3 Å². The summed E-state index contributed by atoms with van der Waals surface area (Å²) in [6, 6.07) is 0. The molecule has 0 unspecified atom stereocenters. The maximum absolute atomic E-state index is 5.02. The number of rotatable bonds is 8. The zero-order valence-electron chi connectivity index (χ0n) is 9.40. The first kappa shape index (κ1) is 12.0. The molecule has 0 aliphatic carbocycles. The lowest BCUT2D eigenvalue weighted by molar-refractivity contribution is 0.187. The van der Waals surface area contributed by atoms with E-state index in [9.17, 15) is 0 Å². The minimum Gasteiger partial charge on any atom is -0.385 e. The maximum atomic E-state index is 5.02. The predicted molar refractivity (Wildman–Crippen MR) is 59.1 cm³/mol. The van der Waals surface area contributed by atoms with Gasteiger partial charge in [-0.05, 0) is 6.42 Å². The van der Waals surface area contributed by atoms with E-state index in [1.807, 2.05) is 10.8 Å². The standard InChI is InChI=1S/C10H19N3O2/c1-14-8-3-4-11-10-12-5-6-13(10)7-9-15-2/h5-6H,3-4,7-9H2,1-2H3,(H,11,12). The molecule has 5 nitrogen and oxygen atoms in total. The molecule has 0 fully saturated rings. The van der Waals surface area contributed by atoms with Crippen molar-refractivity contribution in [3.63, 3.8) is 0 Å². The van der Waals surface area contributed by atoms with Crippen molar-refractivity contribution in [3.8, 4) is 0 Å². The van der Waals surface area contributed by atoms with Crippen molar-refractivity contribution in [2.45, 2.75) is 13.0 Å². The van der Waals surface area contributed by atoms with E-state index in [2.05, 4.69) is 10.3 Å². The summed E-state index contributed by atoms with van der Waals surface area (Å²) in [5, 5.41) is 3.25. The van der Waals surface area contributed by atoms with E-state index >= 15 is 0 Å². The van der Waals surface area contributed by atoms with Crippen LogP contribution in [0, 0.1) is 0 Å². The lowest BCUT2D eigenvalue weighted by Crippen LogP contribution is -2.12. The molecule has 5 heteroatoms. The van der Waals surface area contributed by atoms with Gasteiger partial charge in [0.2, 0.25) is 5.95 Å². The first-order chi connectivity index (χ1) is 7.38. The van der Waals surface area contributed by atoms with Crippen molar-refractivity contribution in [2.24, 2.45) is 0 Å². The minimum absolute atomic E-state index is 0.698. The highest BCUT2D eigenvalue weighted by Gasteiger charge is 2.00. The van der Waals surface area contributed by atoms with Gasteiger partial charge in [0.1, 0.15) is 0 Å². The van der Waals surface area contributed by atoms with Crippen LogP contribution < -0.4 is 5.32 Å². The zero-order chi connectivity index (χ0) is 10.9. The van der Waals surface area contributed by atoms with E-state index in [-0.39, 0.29) is 0 Å². The molecule has 0 amide bonds. The van der Waals surface area contributed by atoms with Crippen LogP contribution in [0.15, 0.2) is 12.4 Å². The van der Waals surface area contributed by atoms with Gasteiger partial charge in [-0.2, -0.15) is 0 Å². The fraction of sp³-hybridized carbons (Fsp3) is 0.700. The van der Waals surface area contributed by atoms with Crippen molar-refractivity contribution >= 4 is 5.95 Å². The molecule has 1 aromatic rings. The number of hydrogen-bond donors (Lipinski definition) is 1. The van der Waals surface area contributed by atoms with Crippen molar-refractivity contribution in [1.82, 2.24) is 9.55 Å². The van der Waals surface area contributed by atoms with Gasteiger partial charge in [0, 0.05) is 46.3 Å². The van der Waals surface area contributed by atoms with Crippen LogP contribution in [-0.4, -0.2) is 43.5 Å². The number of ether oxygens (including phenoxy) is 2. The zero-order valence-corrected chi connectivity index (χ0v) is 9.40. The summed E-state index contributed by atoms with van der Waals surface area (Å²) in [5.41, 5.74) is 0. The first-order valence-electron chi connectivity index (χ1n) is 5.11. The fourth-order valence-corrected chi connectivity index (χ4v) is 1.26. The number of hydrogen-bond acceptors (Lipinski definition) is 4. The van der Waals surface area contributed by atoms with Gasteiger partial charge in [0.05, 0.1) is 6.61 Å². The summed E-state index contributed by atoms with van der Waals surface area (Å²) in [7, 11) is 3.40. The summed E-state index contributed by atoms with van der Waals surface area (Å²) in [6.45, 7) is 3.16. The van der Waals surface area contributed by atoms with Crippen LogP contribution in [0.1, 0.15) is 6.42 Å². The molecule has 0 saturated heterocycles. The molecule has 1 aromatic heterocycles. The molecule has 1 N–H and O–H groups in total. The van der Waals surface area contributed by atoms with Crippen LogP contribution in [0.3, 0.4) is 0 Å². The van der Waals surface area contributed by atoms with E-state index in [1.54, 1.807) is 20.4 Å². The van der Waals surface area contributed by atoms with Crippen LogP contribution >= 0.6 is 0 Å². The molecule has 0 aliphatic rings. The summed E-state index contributed by atoms with van der Waals surface area (Å²) >= 11 is 0. The fourth-order valence-electron chi connectivity index (χ4n) is 1.26. The molecular weight excluding hydrogens is 194 g/mol. The average molecular weight is 213 g/mol. The number of nitrogens with one attached hydrogen (secondary N) is 1. The van der Waals surface area contributed by atoms with E-state index in [0.717, 1.165) is 32.1 Å². The molecule has 0 bridgehead atoms. The molecule has 0 spiro atoms. The topological polar surface area (TPSA) is 48.3 Å². The summed E-state index contributed by atoms with van der Waals surface area (Å²) < 4.78 is 12.0. The van der Waals surface area contributed by atoms with Crippen LogP contribution in [-0.2, 0) is 16.0 Å². The largest absolute Gasteiger partial charge is 0.385 e. The third-order valence-corrected chi connectivity index (χ3v) is 2.06. The van der Waals surface area contributed by atoms with Gasteiger partial charge in [0.25, 0.3) is 0 Å². The molecule has 0 saturated carbocycles. The Kier molecular flexibility index (Phi) is 5.80. The normalized spacial score (nSPS) is 10.5. The SMILES string of the molecule is COCCCNc1nccn1CCOC. The van der Waals surface area contributed by atoms with Crippen molar-refractivity contribution < 1.29 is 9.47 Å². The smallest absolute Gasteiger partial charge is 0.202 e. The van der Waals surface area contributed by atoms with Gasteiger partial charge >= 0.3 is 0 Å². The minimum atomic E-state index is 0.698. The van der Waals surface area contributed by atoms with Crippen LogP contribution in [0.25, 0.3) is 0 Å². The number of anilines is 1. The Labute approximate surface area is 90.4 Å². The lowest BCUT2D eigenvalue weighted by Gasteiger charge is -2.08. The highest BCUT2D eigenvalue weighted by molar-refractivity contribution is 5.25. The number of nitrogens with zero attached hydrogens (tertiary/aromatic N) is 2. The monoisotopic (exact) mass is 213 g/mol. The van der Waals surface area contributed by atoms with E-state index in [0.29, 0.717) is 6.61 Å². The Morgan fingerprint density at radius 1 is 1.33 bits per heavy atom. The molecule has 0 atom stereocenters. The van der Waals surface area contributed by atoms with Crippen LogP contribution in [0.2, 0.25) is 0 Å². The number of aromatic nitrogens is 2. The molecule has 15 heavy (non-hydrogen) atoms. The Hall–Kier alpha value is -1.07. The first-order valence-corrected chi connectivity index (χ1v) is 5.11. The second-order valence-electron chi connectivity index (χ2n) is 3.21. The van der Waals surface area contributed by atoms with Gasteiger partial charge < -0.3 is 19.4 Å². The molecular formula is C10H19N3O2. The van der Waals surface area contributed by atoms with E-state index < -0.39 is 0 Å². The Morgan fingerprint density at radius 2 is 2.13 bits per heavy atom. The van der Waals surface area contributed by atoms with Crippen molar-refractivity contribution in [3.05, 3.63) is 12.4 Å². The van der Waals surface area contributed by atoms with Gasteiger partial charge in [-0.3, -0.25) is 0 Å². The van der Waals surface area contributed by atoms with Gasteiger partial charge in [-0.1, -0.05) is 0 Å². The molecule has 0 aliphatic heterocycles. The molecule has 0 radical (unpaired) electrons. The second-order valence-corrected chi connectivity index (χ2v) is 3.21. The predicted octanol–water partition coefficient (Wildman–Crippen LogP) is 0.978. The highest BCUT2D eigenvalue weighted by atomic mass is 16.5. The Balaban J connectivity index is 2.29. The number of imidazole rings is 1. The summed E-state index contributed by atoms with van der Waals surface area (Å²) in [6.07, 6.45) is 4.71.